The predicted molar refractivity (Wildman–Crippen MR) is 76.4 cm³/mol. The van der Waals surface area contributed by atoms with Crippen molar-refractivity contribution < 1.29 is 9.53 Å². The Bertz CT molecular complexity index is 461. The number of rotatable bonds is 3. The first-order valence-electron chi connectivity index (χ1n) is 6.15. The lowest BCUT2D eigenvalue weighted by Crippen LogP contribution is -2.36. The van der Waals surface area contributed by atoms with E-state index in [-0.39, 0.29) is 11.9 Å². The second-order valence-electron chi connectivity index (χ2n) is 4.77. The highest BCUT2D eigenvalue weighted by Gasteiger charge is 2.28. The van der Waals surface area contributed by atoms with Gasteiger partial charge in [0.05, 0.1) is 17.8 Å². The molecule has 0 amide bonds. The van der Waals surface area contributed by atoms with Gasteiger partial charge in [0.1, 0.15) is 0 Å². The number of anilines is 1. The van der Waals surface area contributed by atoms with Crippen molar-refractivity contribution in [1.82, 2.24) is 0 Å². The lowest BCUT2D eigenvalue weighted by Gasteiger charge is -2.29. The van der Waals surface area contributed by atoms with E-state index in [1.807, 2.05) is 18.2 Å². The summed E-state index contributed by atoms with van der Waals surface area (Å²) in [5, 5.41) is 0. The number of hydrogen-bond donors (Lipinski definition) is 0. The highest BCUT2D eigenvalue weighted by molar-refractivity contribution is 9.10. The maximum Gasteiger partial charge on any atom is 0.159 e. The Morgan fingerprint density at radius 1 is 1.50 bits per heavy atom. The fourth-order valence-electron chi connectivity index (χ4n) is 2.42. The van der Waals surface area contributed by atoms with Crippen LogP contribution in [-0.4, -0.2) is 31.6 Å². The Hall–Kier alpha value is -0.870. The first-order valence-corrected chi connectivity index (χ1v) is 6.95. The van der Waals surface area contributed by atoms with Crippen molar-refractivity contribution in [2.24, 2.45) is 0 Å². The summed E-state index contributed by atoms with van der Waals surface area (Å²) >= 11 is 3.55. The van der Waals surface area contributed by atoms with E-state index in [2.05, 4.69) is 34.8 Å². The number of benzene rings is 1. The van der Waals surface area contributed by atoms with E-state index in [0.29, 0.717) is 6.04 Å². The van der Waals surface area contributed by atoms with Gasteiger partial charge in [-0.3, -0.25) is 4.79 Å². The molecule has 3 nitrogen and oxygen atoms in total. The Kier molecular flexibility index (Phi) is 4.07. The molecular formula is C14H18BrNO2. The molecule has 1 aromatic rings. The van der Waals surface area contributed by atoms with Crippen LogP contribution in [0.2, 0.25) is 0 Å². The zero-order valence-corrected chi connectivity index (χ0v) is 12.5. The summed E-state index contributed by atoms with van der Waals surface area (Å²) in [5.41, 5.74) is 1.83. The molecule has 0 spiro atoms. The lowest BCUT2D eigenvalue weighted by molar-refractivity contribution is 0.101. The number of hydrogen-bond acceptors (Lipinski definition) is 3. The van der Waals surface area contributed by atoms with Crippen molar-refractivity contribution in [3.05, 3.63) is 28.2 Å². The van der Waals surface area contributed by atoms with Crippen LogP contribution in [0.3, 0.4) is 0 Å². The molecule has 2 atom stereocenters. The minimum atomic E-state index is 0.0856. The predicted octanol–water partition coefficient (Wildman–Crippen LogP) is 3.27. The molecule has 1 fully saturated rings. The van der Waals surface area contributed by atoms with Crippen LogP contribution in [0.15, 0.2) is 22.7 Å². The fraction of sp³-hybridized carbons (Fsp3) is 0.500. The van der Waals surface area contributed by atoms with Gasteiger partial charge >= 0.3 is 0 Å². The average Bonchev–Trinajstić information content (AvgIpc) is 2.74. The number of likely N-dealkylation sites (N-methyl/N-ethyl adjacent to an activating group) is 1. The van der Waals surface area contributed by atoms with E-state index in [1.54, 1.807) is 6.92 Å². The number of halogens is 1. The Morgan fingerprint density at radius 3 is 2.72 bits per heavy atom. The lowest BCUT2D eigenvalue weighted by atomic mass is 10.1. The van der Waals surface area contributed by atoms with Crippen molar-refractivity contribution in [3.63, 3.8) is 0 Å². The third-order valence-corrected chi connectivity index (χ3v) is 4.20. The monoisotopic (exact) mass is 311 g/mol. The molecule has 98 valence electrons. The van der Waals surface area contributed by atoms with Crippen LogP contribution in [0.4, 0.5) is 5.69 Å². The van der Waals surface area contributed by atoms with Crippen LogP contribution in [0.1, 0.15) is 30.6 Å². The molecule has 0 aromatic heterocycles. The topological polar surface area (TPSA) is 29.5 Å². The van der Waals surface area contributed by atoms with Crippen LogP contribution >= 0.6 is 15.9 Å². The standard InChI is InChI=1S/C14H18BrNO2/c1-9(17)11-4-5-14(12(15)8-11)16(3)13-6-7-18-10(13)2/h4-5,8,10,13H,6-7H2,1-3H3. The van der Waals surface area contributed by atoms with E-state index < -0.39 is 0 Å². The number of ketones is 1. The summed E-state index contributed by atoms with van der Waals surface area (Å²) in [6.45, 7) is 4.50. The van der Waals surface area contributed by atoms with Gasteiger partial charge in [-0.2, -0.15) is 0 Å². The molecule has 0 aliphatic carbocycles. The van der Waals surface area contributed by atoms with Crippen LogP contribution in [0, 0.1) is 0 Å². The minimum Gasteiger partial charge on any atom is -0.376 e. The number of carbonyl (C=O) groups excluding carboxylic acids is 1. The van der Waals surface area contributed by atoms with Crippen molar-refractivity contribution in [2.45, 2.75) is 32.4 Å². The summed E-state index contributed by atoms with van der Waals surface area (Å²) in [7, 11) is 2.07. The van der Waals surface area contributed by atoms with E-state index >= 15 is 0 Å². The third kappa shape index (κ3) is 2.59. The highest BCUT2D eigenvalue weighted by atomic mass is 79.9. The maximum atomic E-state index is 11.3. The van der Waals surface area contributed by atoms with Crippen LogP contribution in [-0.2, 0) is 4.74 Å². The fourth-order valence-corrected chi connectivity index (χ4v) is 3.08. The van der Waals surface area contributed by atoms with Crippen molar-refractivity contribution in [1.29, 1.82) is 0 Å². The van der Waals surface area contributed by atoms with Gasteiger partial charge in [0.25, 0.3) is 0 Å². The zero-order chi connectivity index (χ0) is 13.3. The van der Waals surface area contributed by atoms with Crippen LogP contribution in [0.5, 0.6) is 0 Å². The molecule has 0 radical (unpaired) electrons. The van der Waals surface area contributed by atoms with Crippen molar-refractivity contribution >= 4 is 27.4 Å². The molecular weight excluding hydrogens is 294 g/mol. The molecule has 1 saturated heterocycles. The Balaban J connectivity index is 2.25. The quantitative estimate of drug-likeness (QED) is 0.802. The zero-order valence-electron chi connectivity index (χ0n) is 10.9. The van der Waals surface area contributed by atoms with Crippen molar-refractivity contribution in [3.8, 4) is 0 Å². The minimum absolute atomic E-state index is 0.0856. The molecule has 1 heterocycles. The number of nitrogens with zero attached hydrogens (tertiary/aromatic N) is 1. The summed E-state index contributed by atoms with van der Waals surface area (Å²) in [6, 6.07) is 6.14. The smallest absolute Gasteiger partial charge is 0.159 e. The second-order valence-corrected chi connectivity index (χ2v) is 5.62. The van der Waals surface area contributed by atoms with Gasteiger partial charge in [0, 0.05) is 23.7 Å². The van der Waals surface area contributed by atoms with Crippen LogP contribution < -0.4 is 4.90 Å². The molecule has 4 heteroatoms. The summed E-state index contributed by atoms with van der Waals surface area (Å²) in [5.74, 6) is 0.0856. The molecule has 2 rings (SSSR count). The number of Topliss-reactive ketones (excluding diaryl/α,β-unsaturated/α-hetero) is 1. The summed E-state index contributed by atoms with van der Waals surface area (Å²) < 4.78 is 6.55. The third-order valence-electron chi connectivity index (χ3n) is 3.57. The Labute approximate surface area is 116 Å². The normalized spacial score (nSPS) is 23.1. The largest absolute Gasteiger partial charge is 0.376 e. The van der Waals surface area contributed by atoms with Gasteiger partial charge in [-0.25, -0.2) is 0 Å². The van der Waals surface area contributed by atoms with Gasteiger partial charge in [-0.15, -0.1) is 0 Å². The summed E-state index contributed by atoms with van der Waals surface area (Å²) in [6.07, 6.45) is 1.29. The molecule has 18 heavy (non-hydrogen) atoms. The van der Waals surface area contributed by atoms with Gasteiger partial charge in [-0.1, -0.05) is 0 Å². The first-order chi connectivity index (χ1) is 8.50. The van der Waals surface area contributed by atoms with E-state index in [4.69, 9.17) is 4.74 Å². The molecule has 0 saturated carbocycles. The number of ether oxygens (including phenoxy) is 1. The van der Waals surface area contributed by atoms with Crippen molar-refractivity contribution in [2.75, 3.05) is 18.6 Å². The second kappa shape index (κ2) is 5.41. The molecule has 0 bridgehead atoms. The van der Waals surface area contributed by atoms with Gasteiger partial charge < -0.3 is 9.64 Å². The highest BCUT2D eigenvalue weighted by Crippen LogP contribution is 2.31. The van der Waals surface area contributed by atoms with E-state index in [1.165, 1.54) is 0 Å². The average molecular weight is 312 g/mol. The maximum absolute atomic E-state index is 11.3. The molecule has 1 aliphatic heterocycles. The SMILES string of the molecule is CC(=O)c1ccc(N(C)C2CCOC2C)c(Br)c1. The van der Waals surface area contributed by atoms with E-state index in [9.17, 15) is 4.79 Å². The van der Waals surface area contributed by atoms with Gasteiger partial charge in [0.2, 0.25) is 0 Å². The molecule has 1 aromatic carbocycles. The van der Waals surface area contributed by atoms with Gasteiger partial charge in [0.15, 0.2) is 5.78 Å². The van der Waals surface area contributed by atoms with Crippen LogP contribution in [0.25, 0.3) is 0 Å². The molecule has 0 N–H and O–H groups in total. The number of carbonyl (C=O) groups is 1. The summed E-state index contributed by atoms with van der Waals surface area (Å²) in [4.78, 5) is 13.6. The molecule has 2 unspecified atom stereocenters. The first kappa shape index (κ1) is 13.6. The van der Waals surface area contributed by atoms with E-state index in [0.717, 1.165) is 28.8 Å². The van der Waals surface area contributed by atoms with Gasteiger partial charge in [-0.05, 0) is 54.4 Å². The molecule has 1 aliphatic rings. The Morgan fingerprint density at radius 2 is 2.22 bits per heavy atom.